The van der Waals surface area contributed by atoms with Crippen LogP contribution < -0.4 is 14.8 Å². The summed E-state index contributed by atoms with van der Waals surface area (Å²) in [6, 6.07) is 12.3. The van der Waals surface area contributed by atoms with Crippen LogP contribution in [0.5, 0.6) is 11.5 Å². The molecule has 2 atom stereocenters. The molecule has 1 N–H and O–H groups in total. The molecule has 0 saturated carbocycles. The molecule has 37 heavy (non-hydrogen) atoms. The molecule has 0 aromatic heterocycles. The van der Waals surface area contributed by atoms with Crippen molar-refractivity contribution >= 4 is 31.9 Å². The summed E-state index contributed by atoms with van der Waals surface area (Å²) in [6.07, 6.45) is -5.33. The zero-order chi connectivity index (χ0) is 27.3. The van der Waals surface area contributed by atoms with Gasteiger partial charge >= 0.3 is 15.0 Å². The van der Waals surface area contributed by atoms with Crippen LogP contribution in [0, 0.1) is 0 Å². The van der Waals surface area contributed by atoms with E-state index in [1.165, 1.54) is 25.2 Å². The fraction of sp³-hybridized carbons (Fsp3) is 0.417. The Kier molecular flexibility index (Phi) is 13.2. The molecule has 8 nitrogen and oxygen atoms in total. The number of amides is 1. The minimum Gasteiger partial charge on any atom is -0.491 e. The molecule has 2 aromatic rings. The van der Waals surface area contributed by atoms with E-state index < -0.39 is 26.3 Å². The quantitative estimate of drug-likeness (QED) is 0.208. The van der Waals surface area contributed by atoms with Crippen LogP contribution >= 0.6 is 20.4 Å². The number of ether oxygens (including phenoxy) is 2. The van der Waals surface area contributed by atoms with Gasteiger partial charge in [-0.05, 0) is 55.7 Å². The highest BCUT2D eigenvalue weighted by Crippen LogP contribution is 2.45. The maximum absolute atomic E-state index is 12.7. The summed E-state index contributed by atoms with van der Waals surface area (Å²) in [6.45, 7) is 4.11. The Morgan fingerprint density at radius 3 is 2.32 bits per heavy atom. The number of alkyl halides is 3. The van der Waals surface area contributed by atoms with Crippen molar-refractivity contribution in [1.29, 1.82) is 0 Å². The smallest absolute Gasteiger partial charge is 0.491 e. The van der Waals surface area contributed by atoms with Gasteiger partial charge in [-0.15, -0.1) is 13.2 Å². The van der Waals surface area contributed by atoms with Crippen molar-refractivity contribution in [2.45, 2.75) is 38.0 Å². The van der Waals surface area contributed by atoms with E-state index >= 15 is 0 Å². The molecule has 0 bridgehead atoms. The van der Waals surface area contributed by atoms with Crippen LogP contribution in [0.4, 0.5) is 13.2 Å². The first-order valence-corrected chi connectivity index (χ1v) is 13.3. The van der Waals surface area contributed by atoms with Crippen molar-refractivity contribution in [2.75, 3.05) is 26.9 Å². The average molecular weight is 564 g/mol. The van der Waals surface area contributed by atoms with Crippen LogP contribution in [0.3, 0.4) is 0 Å². The number of nitrogens with one attached hydrogen (secondary N) is 1. The minimum absolute atomic E-state index is 0.0599. The zero-order valence-corrected chi connectivity index (χ0v) is 22.2. The molecule has 204 valence electrons. The molecule has 0 heterocycles. The summed E-state index contributed by atoms with van der Waals surface area (Å²) in [5.74, 6) is -0.176. The van der Waals surface area contributed by atoms with Gasteiger partial charge in [0, 0.05) is 7.05 Å². The van der Waals surface area contributed by atoms with Crippen molar-refractivity contribution in [2.24, 2.45) is 0 Å². The topological polar surface area (TPSA) is 92.3 Å². The van der Waals surface area contributed by atoms with E-state index in [9.17, 15) is 22.8 Å². The Morgan fingerprint density at radius 2 is 1.76 bits per heavy atom. The summed E-state index contributed by atoms with van der Waals surface area (Å²) >= 11 is 0.895. The number of carbonyl (C=O) groups excluding carboxylic acids is 2. The van der Waals surface area contributed by atoms with Gasteiger partial charge in [-0.25, -0.2) is 0 Å². The molecule has 0 radical (unpaired) electrons. The van der Waals surface area contributed by atoms with Crippen LogP contribution in [-0.4, -0.2) is 50.0 Å². The first-order chi connectivity index (χ1) is 17.7. The second kappa shape index (κ2) is 15.8. The van der Waals surface area contributed by atoms with Gasteiger partial charge in [0.1, 0.15) is 24.2 Å². The van der Waals surface area contributed by atoms with E-state index in [4.69, 9.17) is 18.3 Å². The Balaban J connectivity index is 2.17. The molecule has 2 aromatic carbocycles. The third-order valence-electron chi connectivity index (χ3n) is 4.65. The molecule has 2 unspecified atom stereocenters. The molecule has 0 spiro atoms. The molecule has 2 rings (SSSR count). The van der Waals surface area contributed by atoms with Crippen molar-refractivity contribution in [3.05, 3.63) is 59.7 Å². The number of hydrogen-bond acceptors (Lipinski definition) is 8. The van der Waals surface area contributed by atoms with Crippen LogP contribution in [0.25, 0.3) is 0 Å². The molecular weight excluding hydrogens is 534 g/mol. The third kappa shape index (κ3) is 11.3. The molecular formula is C24H29F3NO7PS. The van der Waals surface area contributed by atoms with Gasteiger partial charge in [-0.2, -0.15) is 0 Å². The summed E-state index contributed by atoms with van der Waals surface area (Å²) in [7, 11) is -0.275. The van der Waals surface area contributed by atoms with Crippen molar-refractivity contribution in [3.8, 4) is 11.5 Å². The SMILES string of the molecule is CCOP(OCC)OC(COc1ccc(CC(SC=O)C(=O)NC)cc1)c1cccc(OC(F)(F)F)c1. The second-order valence-electron chi connectivity index (χ2n) is 7.27. The summed E-state index contributed by atoms with van der Waals surface area (Å²) in [5.41, 5.74) is 1.83. The van der Waals surface area contributed by atoms with Crippen molar-refractivity contribution in [3.63, 3.8) is 0 Å². The van der Waals surface area contributed by atoms with E-state index in [1.54, 1.807) is 44.2 Å². The Labute approximate surface area is 219 Å². The Hall–Kier alpha value is -2.37. The van der Waals surface area contributed by atoms with Gasteiger partial charge in [0.05, 0.1) is 18.5 Å². The van der Waals surface area contributed by atoms with Crippen molar-refractivity contribution in [1.82, 2.24) is 5.32 Å². The van der Waals surface area contributed by atoms with Crippen LogP contribution in [0.1, 0.15) is 31.1 Å². The lowest BCUT2D eigenvalue weighted by Gasteiger charge is -2.24. The Bertz CT molecular complexity index is 976. The highest BCUT2D eigenvalue weighted by atomic mass is 32.2. The maximum Gasteiger partial charge on any atom is 0.573 e. The summed E-state index contributed by atoms with van der Waals surface area (Å²) in [4.78, 5) is 22.8. The zero-order valence-electron chi connectivity index (χ0n) is 20.5. The van der Waals surface area contributed by atoms with E-state index in [1.807, 2.05) is 0 Å². The molecule has 1 amide bonds. The standard InChI is InChI=1S/C24H29F3NO7PS/c1-4-32-36(33-5-2)35-21(18-7-6-8-20(14-18)34-24(25,26)27)15-31-19-11-9-17(10-12-19)13-22(37-16-29)23(30)28-3/h6-12,14,16,21-22H,4-5,13,15H2,1-3H3,(H,28,30). The van der Waals surface area contributed by atoms with Crippen LogP contribution in [-0.2, 0) is 29.6 Å². The average Bonchev–Trinajstić information content (AvgIpc) is 2.86. The number of benzene rings is 2. The fourth-order valence-electron chi connectivity index (χ4n) is 3.05. The summed E-state index contributed by atoms with van der Waals surface area (Å²) in [5, 5.41) is 1.97. The van der Waals surface area contributed by atoms with Gasteiger partial charge in [-0.3, -0.25) is 9.59 Å². The highest BCUT2D eigenvalue weighted by molar-refractivity contribution is 8.13. The lowest BCUT2D eigenvalue weighted by molar-refractivity contribution is -0.274. The van der Waals surface area contributed by atoms with Gasteiger partial charge in [0.2, 0.25) is 5.91 Å². The normalized spacial score (nSPS) is 13.2. The number of thioether (sulfide) groups is 1. The van der Waals surface area contributed by atoms with E-state index in [2.05, 4.69) is 10.1 Å². The summed E-state index contributed by atoms with van der Waals surface area (Å²) < 4.78 is 65.0. The van der Waals surface area contributed by atoms with E-state index in [-0.39, 0.29) is 18.3 Å². The maximum atomic E-state index is 12.7. The molecule has 0 fully saturated rings. The van der Waals surface area contributed by atoms with E-state index in [0.717, 1.165) is 17.3 Å². The number of rotatable bonds is 16. The molecule has 0 aliphatic carbocycles. The van der Waals surface area contributed by atoms with Gasteiger partial charge in [0.25, 0.3) is 0 Å². The molecule has 13 heteroatoms. The van der Waals surface area contributed by atoms with Gasteiger partial charge in [-0.1, -0.05) is 36.0 Å². The lowest BCUT2D eigenvalue weighted by atomic mass is 10.1. The minimum atomic E-state index is -4.84. The van der Waals surface area contributed by atoms with Crippen LogP contribution in [0.15, 0.2) is 48.5 Å². The largest absolute Gasteiger partial charge is 0.573 e. The van der Waals surface area contributed by atoms with E-state index in [0.29, 0.717) is 36.6 Å². The van der Waals surface area contributed by atoms with Gasteiger partial charge in [0.15, 0.2) is 5.62 Å². The van der Waals surface area contributed by atoms with Gasteiger partial charge < -0.3 is 28.4 Å². The van der Waals surface area contributed by atoms with Crippen LogP contribution in [0.2, 0.25) is 0 Å². The molecule has 0 saturated heterocycles. The highest BCUT2D eigenvalue weighted by Gasteiger charge is 2.31. The Morgan fingerprint density at radius 1 is 1.08 bits per heavy atom. The first-order valence-electron chi connectivity index (χ1n) is 11.3. The van der Waals surface area contributed by atoms with Crippen molar-refractivity contribution < 1.29 is 45.8 Å². The molecule has 0 aliphatic rings. The predicted octanol–water partition coefficient (Wildman–Crippen LogP) is 5.60. The molecule has 0 aliphatic heterocycles. The number of carbonyl (C=O) groups is 2. The lowest BCUT2D eigenvalue weighted by Crippen LogP contribution is -2.31. The predicted molar refractivity (Wildman–Crippen MR) is 135 cm³/mol. The second-order valence-corrected chi connectivity index (χ2v) is 9.48. The number of halogens is 3. The third-order valence-corrected chi connectivity index (χ3v) is 6.84. The number of hydrogen-bond donors (Lipinski definition) is 1. The monoisotopic (exact) mass is 563 g/mol. The fourth-order valence-corrected chi connectivity index (χ4v) is 4.72. The first kappa shape index (κ1) is 30.9.